The van der Waals surface area contributed by atoms with Crippen molar-refractivity contribution in [2.75, 3.05) is 51.2 Å². The van der Waals surface area contributed by atoms with E-state index in [4.69, 9.17) is 16.6 Å². The van der Waals surface area contributed by atoms with Gasteiger partial charge in [0, 0.05) is 67.8 Å². The van der Waals surface area contributed by atoms with Crippen LogP contribution in [0.4, 0.5) is 5.69 Å². The van der Waals surface area contributed by atoms with Crippen LogP contribution in [0.2, 0.25) is 5.02 Å². The van der Waals surface area contributed by atoms with Crippen molar-refractivity contribution < 1.29 is 5.11 Å². The van der Waals surface area contributed by atoms with Crippen molar-refractivity contribution in [1.82, 2.24) is 25.3 Å². The van der Waals surface area contributed by atoms with Gasteiger partial charge in [-0.15, -0.1) is 24.0 Å². The highest BCUT2D eigenvalue weighted by atomic mass is 127. The molecule has 0 amide bonds. The third kappa shape index (κ3) is 6.97. The average Bonchev–Trinajstić information content (AvgIpc) is 3.19. The van der Waals surface area contributed by atoms with E-state index >= 15 is 0 Å². The summed E-state index contributed by atoms with van der Waals surface area (Å²) in [6.45, 7) is 9.26. The van der Waals surface area contributed by atoms with Crippen LogP contribution < -0.4 is 15.5 Å². The molecular weight excluding hydrogens is 541 g/mol. The summed E-state index contributed by atoms with van der Waals surface area (Å²) in [6.07, 6.45) is 3.50. The number of guanidine groups is 1. The Labute approximate surface area is 213 Å². The summed E-state index contributed by atoms with van der Waals surface area (Å²) < 4.78 is 1.68. The molecule has 0 radical (unpaired) electrons. The predicted molar refractivity (Wildman–Crippen MR) is 142 cm³/mol. The Morgan fingerprint density at radius 1 is 1.22 bits per heavy atom. The molecule has 3 N–H and O–H groups in total. The lowest BCUT2D eigenvalue weighted by molar-refractivity contribution is 0.0616. The summed E-state index contributed by atoms with van der Waals surface area (Å²) in [5, 5.41) is 22.2. The Morgan fingerprint density at radius 2 is 1.94 bits per heavy atom. The van der Waals surface area contributed by atoms with Gasteiger partial charge in [-0.05, 0) is 33.0 Å². The van der Waals surface area contributed by atoms with E-state index in [1.807, 2.05) is 32.3 Å². The number of aliphatic imine (C=N–C) groups is 1. The number of aryl methyl sites for hydroxylation is 1. The third-order valence-electron chi connectivity index (χ3n) is 5.60. The Bertz CT molecular complexity index is 894. The molecule has 0 spiro atoms. The Morgan fingerprint density at radius 3 is 2.56 bits per heavy atom. The van der Waals surface area contributed by atoms with E-state index in [2.05, 4.69) is 38.6 Å². The second kappa shape index (κ2) is 12.1. The SMILES string of the molecule is CCNC(=NCc1c(Cl)cccc1N1CCN(C)CC1)NCC(C)(O)c1cnn(C)c1.I. The molecule has 1 unspecified atom stereocenters. The minimum Gasteiger partial charge on any atom is -0.383 e. The molecule has 1 atom stereocenters. The number of nitrogens with one attached hydrogen (secondary N) is 2. The quantitative estimate of drug-likeness (QED) is 0.267. The number of piperazine rings is 1. The molecule has 2 heterocycles. The van der Waals surface area contributed by atoms with E-state index in [-0.39, 0.29) is 24.0 Å². The minimum absolute atomic E-state index is 0. The molecule has 1 aromatic carbocycles. The molecule has 3 rings (SSSR count). The number of aromatic nitrogens is 2. The molecule has 1 aliphatic heterocycles. The fourth-order valence-electron chi connectivity index (χ4n) is 3.60. The first kappa shape index (κ1) is 26.7. The number of aliphatic hydroxyl groups is 1. The van der Waals surface area contributed by atoms with Crippen LogP contribution in [0.15, 0.2) is 35.6 Å². The van der Waals surface area contributed by atoms with Crippen molar-refractivity contribution in [1.29, 1.82) is 0 Å². The number of benzene rings is 1. The largest absolute Gasteiger partial charge is 0.383 e. The smallest absolute Gasteiger partial charge is 0.191 e. The number of likely N-dealkylation sites (N-methyl/N-ethyl adjacent to an activating group) is 1. The number of hydrogen-bond donors (Lipinski definition) is 3. The topological polar surface area (TPSA) is 81.0 Å². The molecule has 0 aliphatic carbocycles. The summed E-state index contributed by atoms with van der Waals surface area (Å²) in [6, 6.07) is 6.03. The molecule has 2 aromatic rings. The highest BCUT2D eigenvalue weighted by Crippen LogP contribution is 2.29. The zero-order valence-electron chi connectivity index (χ0n) is 19.3. The lowest BCUT2D eigenvalue weighted by atomic mass is 10.00. The van der Waals surface area contributed by atoms with Gasteiger partial charge in [-0.3, -0.25) is 4.68 Å². The number of rotatable bonds is 7. The molecule has 1 aromatic heterocycles. The molecule has 1 fully saturated rings. The van der Waals surface area contributed by atoms with Gasteiger partial charge in [-0.25, -0.2) is 4.99 Å². The fourth-order valence-corrected chi connectivity index (χ4v) is 3.83. The Hall–Kier alpha value is -1.56. The van der Waals surface area contributed by atoms with Crippen LogP contribution in [0.1, 0.15) is 25.0 Å². The summed E-state index contributed by atoms with van der Waals surface area (Å²) in [5.41, 5.74) is 1.84. The maximum absolute atomic E-state index is 10.9. The van der Waals surface area contributed by atoms with Crippen LogP contribution in [0.3, 0.4) is 0 Å². The minimum atomic E-state index is -1.07. The Kier molecular flexibility index (Phi) is 10.1. The zero-order chi connectivity index (χ0) is 22.4. The van der Waals surface area contributed by atoms with Crippen molar-refractivity contribution in [3.63, 3.8) is 0 Å². The summed E-state index contributed by atoms with van der Waals surface area (Å²) >= 11 is 6.57. The van der Waals surface area contributed by atoms with Gasteiger partial charge in [0.05, 0.1) is 19.3 Å². The van der Waals surface area contributed by atoms with Crippen molar-refractivity contribution >= 4 is 47.2 Å². The van der Waals surface area contributed by atoms with Gasteiger partial charge in [0.2, 0.25) is 0 Å². The monoisotopic (exact) mass is 575 g/mol. The number of anilines is 1. The fraction of sp³-hybridized carbons (Fsp3) is 0.545. The van der Waals surface area contributed by atoms with E-state index in [1.165, 1.54) is 0 Å². The number of nitrogens with zero attached hydrogens (tertiary/aromatic N) is 5. The van der Waals surface area contributed by atoms with Crippen LogP contribution in [-0.4, -0.2) is 72.1 Å². The van der Waals surface area contributed by atoms with Gasteiger partial charge < -0.3 is 25.5 Å². The molecule has 8 nitrogen and oxygen atoms in total. The number of halogens is 2. The first-order chi connectivity index (χ1) is 14.8. The van der Waals surface area contributed by atoms with Gasteiger partial charge in [-0.2, -0.15) is 5.10 Å². The van der Waals surface area contributed by atoms with Gasteiger partial charge in [0.15, 0.2) is 5.96 Å². The van der Waals surface area contributed by atoms with Crippen molar-refractivity contribution in [3.05, 3.63) is 46.7 Å². The lowest BCUT2D eigenvalue weighted by Gasteiger charge is -2.35. The predicted octanol–water partition coefficient (Wildman–Crippen LogP) is 2.41. The normalized spacial score (nSPS) is 16.9. The van der Waals surface area contributed by atoms with E-state index in [9.17, 15) is 5.11 Å². The Balaban J connectivity index is 0.00000363. The molecule has 1 saturated heterocycles. The van der Waals surface area contributed by atoms with Crippen molar-refractivity contribution in [2.24, 2.45) is 12.0 Å². The van der Waals surface area contributed by atoms with Crippen LogP contribution in [0.25, 0.3) is 0 Å². The summed E-state index contributed by atoms with van der Waals surface area (Å²) in [7, 11) is 3.98. The highest BCUT2D eigenvalue weighted by Gasteiger charge is 2.25. The first-order valence-corrected chi connectivity index (χ1v) is 11.1. The molecule has 10 heteroatoms. The van der Waals surface area contributed by atoms with Gasteiger partial charge in [0.25, 0.3) is 0 Å². The summed E-state index contributed by atoms with van der Waals surface area (Å²) in [4.78, 5) is 9.47. The van der Waals surface area contributed by atoms with E-state index in [0.29, 0.717) is 25.6 Å². The van der Waals surface area contributed by atoms with Crippen LogP contribution >= 0.6 is 35.6 Å². The molecule has 0 saturated carbocycles. The van der Waals surface area contributed by atoms with Crippen molar-refractivity contribution in [3.8, 4) is 0 Å². The standard InChI is InChI=1S/C22H34ClN7O.HI/c1-5-24-21(26-16-22(2,31)17-13-27-29(4)15-17)25-14-18-19(23)7-6-8-20(18)30-11-9-28(3)10-12-30;/h6-8,13,15,31H,5,9-12,14,16H2,1-4H3,(H2,24,25,26);1H. The second-order valence-electron chi connectivity index (χ2n) is 8.25. The van der Waals surface area contributed by atoms with Crippen LogP contribution in [-0.2, 0) is 19.2 Å². The van der Waals surface area contributed by atoms with Gasteiger partial charge in [0.1, 0.15) is 5.60 Å². The highest BCUT2D eigenvalue weighted by molar-refractivity contribution is 14.0. The van der Waals surface area contributed by atoms with Gasteiger partial charge in [-0.1, -0.05) is 17.7 Å². The van der Waals surface area contributed by atoms with Gasteiger partial charge >= 0.3 is 0 Å². The average molecular weight is 576 g/mol. The zero-order valence-corrected chi connectivity index (χ0v) is 22.4. The molecule has 0 bridgehead atoms. The molecular formula is C22H35ClIN7O. The summed E-state index contributed by atoms with van der Waals surface area (Å²) in [5.74, 6) is 0.635. The maximum atomic E-state index is 10.9. The first-order valence-electron chi connectivity index (χ1n) is 10.7. The number of hydrogen-bond acceptors (Lipinski definition) is 5. The molecule has 32 heavy (non-hydrogen) atoms. The van der Waals surface area contributed by atoms with E-state index < -0.39 is 5.60 Å². The maximum Gasteiger partial charge on any atom is 0.191 e. The van der Waals surface area contributed by atoms with Crippen molar-refractivity contribution in [2.45, 2.75) is 26.0 Å². The van der Waals surface area contributed by atoms with E-state index in [1.54, 1.807) is 17.8 Å². The second-order valence-corrected chi connectivity index (χ2v) is 8.66. The lowest BCUT2D eigenvalue weighted by Crippen LogP contribution is -2.45. The van der Waals surface area contributed by atoms with Crippen LogP contribution in [0.5, 0.6) is 0 Å². The van der Waals surface area contributed by atoms with Crippen LogP contribution in [0, 0.1) is 0 Å². The third-order valence-corrected chi connectivity index (χ3v) is 5.96. The van der Waals surface area contributed by atoms with E-state index in [0.717, 1.165) is 48.0 Å². The molecule has 1 aliphatic rings. The molecule has 178 valence electrons.